The minimum Gasteiger partial charge on any atom is -0.497 e. The monoisotopic (exact) mass is 1000 g/mol. The molecule has 0 atom stereocenters. The Labute approximate surface area is 370 Å². The molecule has 16 heteroatoms. The lowest BCUT2D eigenvalue weighted by atomic mass is 10.0. The first kappa shape index (κ1) is 43.7. The molecule has 0 saturated heterocycles. The van der Waals surface area contributed by atoms with E-state index in [1.54, 1.807) is 49.5 Å². The zero-order chi connectivity index (χ0) is 42.9. The third-order valence-electron chi connectivity index (χ3n) is 9.26. The second kappa shape index (κ2) is 19.9. The number of fused-ring (bicyclic) bond motifs is 3. The maximum Gasteiger partial charge on any atom is 0.340 e. The maximum absolute atomic E-state index is 12.1. The van der Waals surface area contributed by atoms with Gasteiger partial charge in [0.2, 0.25) is 0 Å². The molecule has 1 aliphatic heterocycles. The summed E-state index contributed by atoms with van der Waals surface area (Å²) in [7, 11) is 7.39. The van der Waals surface area contributed by atoms with Crippen molar-refractivity contribution in [1.29, 1.82) is 0 Å². The Bertz CT molecular complexity index is 2700. The van der Waals surface area contributed by atoms with Crippen LogP contribution in [0.1, 0.15) is 53.3 Å². The first-order valence-electron chi connectivity index (χ1n) is 18.1. The zero-order valence-corrected chi connectivity index (χ0v) is 37.8. The first-order valence-corrected chi connectivity index (χ1v) is 20.5. The van der Waals surface area contributed by atoms with E-state index in [0.717, 1.165) is 63.5 Å². The third kappa shape index (κ3) is 10.3. The van der Waals surface area contributed by atoms with Gasteiger partial charge in [0.15, 0.2) is 0 Å². The van der Waals surface area contributed by atoms with E-state index in [1.165, 1.54) is 21.3 Å². The Balaban J connectivity index is 0.000000156. The fourth-order valence-electron chi connectivity index (χ4n) is 6.38. The summed E-state index contributed by atoms with van der Waals surface area (Å²) in [6.45, 7) is 1.73. The van der Waals surface area contributed by atoms with E-state index in [1.807, 2.05) is 77.6 Å². The van der Waals surface area contributed by atoms with Gasteiger partial charge in [-0.05, 0) is 82.9 Å². The van der Waals surface area contributed by atoms with Crippen LogP contribution in [0.2, 0.25) is 0 Å². The molecule has 0 N–H and O–H groups in total. The molecule has 5 aromatic carbocycles. The SMILES string of the molecule is COC(=O)c1cc(Br)cc2c1CN=C2.COC(=O)c1cc(Br)cc2cn(Cc3ccc(OC)cc3)nc12.COC(=O)c1cc(Br)cc2cnn(Cc3ccc(OC)cc3)c12. The molecule has 0 bridgehead atoms. The maximum atomic E-state index is 12.1. The number of esters is 3. The summed E-state index contributed by atoms with van der Waals surface area (Å²) in [5, 5.41) is 10.7. The molecule has 0 fully saturated rings. The Morgan fingerprint density at radius 1 is 0.633 bits per heavy atom. The number of nitrogens with zero attached hydrogens (tertiary/aromatic N) is 5. The summed E-state index contributed by atoms with van der Waals surface area (Å²) in [5.74, 6) is 0.529. The summed E-state index contributed by atoms with van der Waals surface area (Å²) in [6, 6.07) is 26.6. The average Bonchev–Trinajstić information content (AvgIpc) is 4.01. The minimum atomic E-state index is -0.397. The van der Waals surface area contributed by atoms with Crippen molar-refractivity contribution in [3.63, 3.8) is 0 Å². The van der Waals surface area contributed by atoms with Crippen LogP contribution in [-0.2, 0) is 33.8 Å². The van der Waals surface area contributed by atoms with E-state index in [9.17, 15) is 14.4 Å². The molecule has 3 heterocycles. The van der Waals surface area contributed by atoms with Crippen molar-refractivity contribution < 1.29 is 38.1 Å². The number of hydrogen-bond donors (Lipinski definition) is 0. The molecule has 8 rings (SSSR count). The number of ether oxygens (including phenoxy) is 5. The average molecular weight is 1000 g/mol. The van der Waals surface area contributed by atoms with Crippen LogP contribution in [0.4, 0.5) is 0 Å². The van der Waals surface area contributed by atoms with Crippen molar-refractivity contribution in [2.24, 2.45) is 4.99 Å². The van der Waals surface area contributed by atoms with Gasteiger partial charge in [-0.1, -0.05) is 72.1 Å². The van der Waals surface area contributed by atoms with Crippen molar-refractivity contribution >= 4 is 93.7 Å². The Hall–Kier alpha value is -5.84. The largest absolute Gasteiger partial charge is 0.497 e. The second-order valence-corrected chi connectivity index (χ2v) is 15.8. The summed E-state index contributed by atoms with van der Waals surface area (Å²) in [4.78, 5) is 39.5. The molecule has 60 heavy (non-hydrogen) atoms. The van der Waals surface area contributed by atoms with Gasteiger partial charge in [0, 0.05) is 36.6 Å². The van der Waals surface area contributed by atoms with Crippen molar-refractivity contribution in [3.8, 4) is 11.5 Å². The number of halogens is 3. The molecule has 0 radical (unpaired) electrons. The molecule has 0 unspecified atom stereocenters. The molecule has 13 nitrogen and oxygen atoms in total. The fourth-order valence-corrected chi connectivity index (χ4v) is 7.80. The van der Waals surface area contributed by atoms with Crippen LogP contribution in [0.3, 0.4) is 0 Å². The lowest BCUT2D eigenvalue weighted by Crippen LogP contribution is -2.08. The van der Waals surface area contributed by atoms with Gasteiger partial charge >= 0.3 is 17.9 Å². The predicted octanol–water partition coefficient (Wildman–Crippen LogP) is 9.45. The lowest BCUT2D eigenvalue weighted by molar-refractivity contribution is 0.0591. The molecule has 7 aromatic rings. The van der Waals surface area contributed by atoms with E-state index in [-0.39, 0.29) is 11.9 Å². The van der Waals surface area contributed by atoms with E-state index < -0.39 is 5.97 Å². The van der Waals surface area contributed by atoms with E-state index in [0.29, 0.717) is 41.8 Å². The number of aliphatic imine (C=N–C) groups is 1. The van der Waals surface area contributed by atoms with Crippen LogP contribution in [-0.4, -0.2) is 79.2 Å². The van der Waals surface area contributed by atoms with Gasteiger partial charge in [0.05, 0.1) is 83.6 Å². The summed E-state index contributed by atoms with van der Waals surface area (Å²) in [6.07, 6.45) is 5.43. The quantitative estimate of drug-likeness (QED) is 0.101. The van der Waals surface area contributed by atoms with Crippen LogP contribution in [0, 0.1) is 0 Å². The molecule has 0 spiro atoms. The Morgan fingerprint density at radius 3 is 1.75 bits per heavy atom. The van der Waals surface area contributed by atoms with Crippen LogP contribution in [0.5, 0.6) is 11.5 Å². The second-order valence-electron chi connectivity index (χ2n) is 13.1. The molecule has 308 valence electrons. The molecule has 0 amide bonds. The summed E-state index contributed by atoms with van der Waals surface area (Å²) < 4.78 is 30.8. The van der Waals surface area contributed by atoms with Gasteiger partial charge in [-0.15, -0.1) is 0 Å². The van der Waals surface area contributed by atoms with Crippen molar-refractivity contribution in [2.75, 3.05) is 35.5 Å². The Kier molecular flexibility index (Phi) is 14.5. The van der Waals surface area contributed by atoms with E-state index in [2.05, 4.69) is 63.0 Å². The third-order valence-corrected chi connectivity index (χ3v) is 10.6. The molecular formula is C44H38Br3N5O8. The molecular weight excluding hydrogens is 966 g/mol. The van der Waals surface area contributed by atoms with Gasteiger partial charge in [-0.3, -0.25) is 14.4 Å². The van der Waals surface area contributed by atoms with Crippen LogP contribution >= 0.6 is 47.8 Å². The number of aromatic nitrogens is 4. The number of rotatable bonds is 9. The first-order chi connectivity index (χ1) is 28.9. The highest BCUT2D eigenvalue weighted by molar-refractivity contribution is 9.11. The molecule has 0 aliphatic carbocycles. The molecule has 1 aliphatic rings. The standard InChI is InChI=1S/2C17H15BrN2O3.C10H8BrNO2/c1-22-14-5-3-11(4-6-14)10-20-16-12(9-19-20)7-13(18)8-15(16)17(21)23-2;1-22-14-5-3-11(4-6-14)9-20-10-12-7-13(18)8-15(16(12)19-20)17(21)23-2;1-14-10(13)8-3-7(11)2-6-4-12-5-9(6)8/h3-9H,10H2,1-2H3;3-8,10H,9H2,1-2H3;2-4H,5H2,1H3. The summed E-state index contributed by atoms with van der Waals surface area (Å²) >= 11 is 10.2. The van der Waals surface area contributed by atoms with Gasteiger partial charge in [0.1, 0.15) is 17.0 Å². The number of carbonyl (C=O) groups excluding carboxylic acids is 3. The lowest BCUT2D eigenvalue weighted by Gasteiger charge is -2.09. The topological polar surface area (TPSA) is 145 Å². The number of methoxy groups -OCH3 is 5. The summed E-state index contributed by atoms with van der Waals surface area (Å²) in [5.41, 5.74) is 7.01. The number of carbonyl (C=O) groups is 3. The fraction of sp³-hybridized carbons (Fsp3) is 0.182. The highest BCUT2D eigenvalue weighted by Crippen LogP contribution is 2.28. The highest BCUT2D eigenvalue weighted by Gasteiger charge is 2.19. The van der Waals surface area contributed by atoms with Crippen LogP contribution < -0.4 is 9.47 Å². The van der Waals surface area contributed by atoms with E-state index in [4.69, 9.17) is 23.7 Å². The predicted molar refractivity (Wildman–Crippen MR) is 239 cm³/mol. The Morgan fingerprint density at radius 2 is 1.15 bits per heavy atom. The van der Waals surface area contributed by atoms with Crippen molar-refractivity contribution in [3.05, 3.63) is 150 Å². The van der Waals surface area contributed by atoms with Crippen molar-refractivity contribution in [2.45, 2.75) is 19.6 Å². The highest BCUT2D eigenvalue weighted by atomic mass is 79.9. The number of hydrogen-bond acceptors (Lipinski definition) is 11. The normalized spacial score (nSPS) is 11.2. The van der Waals surface area contributed by atoms with Crippen LogP contribution in [0.25, 0.3) is 21.8 Å². The smallest absolute Gasteiger partial charge is 0.340 e. The van der Waals surface area contributed by atoms with Crippen LogP contribution in [0.15, 0.2) is 116 Å². The number of benzene rings is 5. The van der Waals surface area contributed by atoms with Gasteiger partial charge in [0.25, 0.3) is 0 Å². The molecule has 0 saturated carbocycles. The molecule has 2 aromatic heterocycles. The van der Waals surface area contributed by atoms with Crippen molar-refractivity contribution in [1.82, 2.24) is 19.6 Å². The zero-order valence-electron chi connectivity index (χ0n) is 33.1. The van der Waals surface area contributed by atoms with Gasteiger partial charge in [-0.25, -0.2) is 14.4 Å². The van der Waals surface area contributed by atoms with Gasteiger partial charge in [-0.2, -0.15) is 10.2 Å². The van der Waals surface area contributed by atoms with E-state index >= 15 is 0 Å². The minimum absolute atomic E-state index is 0.312. The van der Waals surface area contributed by atoms with Gasteiger partial charge < -0.3 is 23.7 Å².